The van der Waals surface area contributed by atoms with Gasteiger partial charge in [-0.1, -0.05) is 60.7 Å². The molecule has 2 nitrogen and oxygen atoms in total. The van der Waals surface area contributed by atoms with Gasteiger partial charge in [0.1, 0.15) is 12.4 Å². The maximum absolute atomic E-state index is 12.9. The predicted octanol–water partition coefficient (Wildman–Crippen LogP) is 5.16. The van der Waals surface area contributed by atoms with Crippen LogP contribution >= 0.6 is 0 Å². The molecule has 3 aromatic rings. The summed E-state index contributed by atoms with van der Waals surface area (Å²) in [4.78, 5) is 11.7. The number of carbonyl (C=O) groups is 1. The van der Waals surface area contributed by atoms with Crippen molar-refractivity contribution in [2.24, 2.45) is 0 Å². The first-order valence-electron chi connectivity index (χ1n) is 7.27. The van der Waals surface area contributed by atoms with E-state index in [1.54, 1.807) is 36.4 Å². The Kier molecular flexibility index (Phi) is 4.25. The summed E-state index contributed by atoms with van der Waals surface area (Å²) in [5.41, 5.74) is 0.327. The lowest BCUT2D eigenvalue weighted by atomic mass is 10.0. The molecule has 0 aliphatic heterocycles. The zero-order chi connectivity index (χ0) is 17.2. The molecule has 0 unspecified atom stereocenters. The number of ketones is 1. The van der Waals surface area contributed by atoms with E-state index >= 15 is 0 Å². The van der Waals surface area contributed by atoms with Crippen LogP contribution in [0, 0.1) is 0 Å². The fourth-order valence-corrected chi connectivity index (χ4v) is 2.46. The summed E-state index contributed by atoms with van der Waals surface area (Å²) in [7, 11) is 0. The van der Waals surface area contributed by atoms with Crippen molar-refractivity contribution >= 4 is 16.6 Å². The molecule has 0 amide bonds. The van der Waals surface area contributed by atoms with Crippen molar-refractivity contribution in [2.45, 2.75) is 12.8 Å². The Morgan fingerprint density at radius 3 is 2.25 bits per heavy atom. The van der Waals surface area contributed by atoms with Gasteiger partial charge in [-0.3, -0.25) is 4.79 Å². The molecule has 5 heteroatoms. The van der Waals surface area contributed by atoms with E-state index in [2.05, 4.69) is 0 Å². The van der Waals surface area contributed by atoms with Crippen LogP contribution in [0.1, 0.15) is 15.9 Å². The Morgan fingerprint density at radius 2 is 1.54 bits per heavy atom. The maximum Gasteiger partial charge on any atom is 0.455 e. The highest BCUT2D eigenvalue weighted by atomic mass is 19.4. The third-order valence-electron chi connectivity index (χ3n) is 3.61. The number of benzene rings is 3. The minimum atomic E-state index is -4.95. The van der Waals surface area contributed by atoms with E-state index in [4.69, 9.17) is 4.74 Å². The monoisotopic (exact) mass is 330 g/mol. The second kappa shape index (κ2) is 6.35. The molecule has 0 saturated carbocycles. The molecule has 0 aliphatic rings. The first kappa shape index (κ1) is 16.1. The molecule has 24 heavy (non-hydrogen) atoms. The topological polar surface area (TPSA) is 26.3 Å². The van der Waals surface area contributed by atoms with Crippen molar-refractivity contribution in [1.29, 1.82) is 0 Å². The van der Waals surface area contributed by atoms with Crippen molar-refractivity contribution in [3.63, 3.8) is 0 Å². The van der Waals surface area contributed by atoms with Crippen molar-refractivity contribution in [1.82, 2.24) is 0 Å². The van der Waals surface area contributed by atoms with E-state index in [1.807, 2.05) is 18.2 Å². The Balaban J connectivity index is 2.06. The highest BCUT2D eigenvalue weighted by Crippen LogP contribution is 2.34. The van der Waals surface area contributed by atoms with Gasteiger partial charge in [-0.2, -0.15) is 13.2 Å². The lowest BCUT2D eigenvalue weighted by Gasteiger charge is -2.15. The van der Waals surface area contributed by atoms with Gasteiger partial charge in [-0.05, 0) is 17.0 Å². The van der Waals surface area contributed by atoms with Gasteiger partial charge in [0.05, 0.1) is 5.56 Å². The largest absolute Gasteiger partial charge is 0.487 e. The van der Waals surface area contributed by atoms with Crippen molar-refractivity contribution in [3.05, 3.63) is 77.9 Å². The van der Waals surface area contributed by atoms with E-state index in [9.17, 15) is 18.0 Å². The van der Waals surface area contributed by atoms with E-state index in [0.29, 0.717) is 10.8 Å². The molecule has 0 spiro atoms. The minimum absolute atomic E-state index is 0.0423. The molecule has 0 atom stereocenters. The standard InChI is InChI=1S/C19H13F3O2/c20-19(21,22)18(23)16-11-10-14-8-4-5-9-15(14)17(16)24-12-13-6-2-1-3-7-13/h1-11H,12H2. The Morgan fingerprint density at radius 1 is 0.875 bits per heavy atom. The zero-order valence-corrected chi connectivity index (χ0v) is 12.5. The number of hydrogen-bond acceptors (Lipinski definition) is 2. The summed E-state index contributed by atoms with van der Waals surface area (Å²) in [5, 5.41) is 1.18. The van der Waals surface area contributed by atoms with Gasteiger partial charge in [0, 0.05) is 5.39 Å². The predicted molar refractivity (Wildman–Crippen MR) is 85.1 cm³/mol. The molecule has 0 fully saturated rings. The molecule has 0 saturated heterocycles. The average Bonchev–Trinajstić information content (AvgIpc) is 2.59. The Bertz CT molecular complexity index is 871. The van der Waals surface area contributed by atoms with Crippen molar-refractivity contribution < 1.29 is 22.7 Å². The number of fused-ring (bicyclic) bond motifs is 1. The van der Waals surface area contributed by atoms with Crippen molar-refractivity contribution in [2.75, 3.05) is 0 Å². The van der Waals surface area contributed by atoms with Gasteiger partial charge in [-0.15, -0.1) is 0 Å². The molecule has 0 heterocycles. The van der Waals surface area contributed by atoms with Crippen LogP contribution in [-0.4, -0.2) is 12.0 Å². The number of Topliss-reactive ketones (excluding diaryl/α,β-unsaturated/α-hetero) is 1. The fourth-order valence-electron chi connectivity index (χ4n) is 2.46. The van der Waals surface area contributed by atoms with Gasteiger partial charge < -0.3 is 4.74 Å². The molecule has 0 bridgehead atoms. The SMILES string of the molecule is O=C(c1ccc2ccccc2c1OCc1ccccc1)C(F)(F)F. The summed E-state index contributed by atoms with van der Waals surface area (Å²) in [6.45, 7) is 0.0764. The van der Waals surface area contributed by atoms with Gasteiger partial charge in [0.2, 0.25) is 0 Å². The van der Waals surface area contributed by atoms with Gasteiger partial charge in [-0.25, -0.2) is 0 Å². The molecule has 0 N–H and O–H groups in total. The lowest BCUT2D eigenvalue weighted by Crippen LogP contribution is -2.23. The lowest BCUT2D eigenvalue weighted by molar-refractivity contribution is -0.0886. The van der Waals surface area contributed by atoms with E-state index in [-0.39, 0.29) is 12.4 Å². The maximum atomic E-state index is 12.9. The number of rotatable bonds is 4. The number of halogens is 3. The smallest absolute Gasteiger partial charge is 0.455 e. The highest BCUT2D eigenvalue weighted by Gasteiger charge is 2.41. The first-order valence-corrected chi connectivity index (χ1v) is 7.27. The second-order valence-electron chi connectivity index (χ2n) is 5.26. The van der Waals surface area contributed by atoms with Gasteiger partial charge in [0.25, 0.3) is 5.78 Å². The summed E-state index contributed by atoms with van der Waals surface area (Å²) < 4.78 is 44.3. The molecular weight excluding hydrogens is 317 g/mol. The third-order valence-corrected chi connectivity index (χ3v) is 3.61. The highest BCUT2D eigenvalue weighted by molar-refractivity contribution is 6.07. The minimum Gasteiger partial charge on any atom is -0.487 e. The molecule has 122 valence electrons. The van der Waals surface area contributed by atoms with Crippen LogP contribution in [-0.2, 0) is 6.61 Å². The van der Waals surface area contributed by atoms with Crippen LogP contribution in [0.25, 0.3) is 10.8 Å². The normalized spacial score (nSPS) is 11.5. The summed E-state index contributed by atoms with van der Waals surface area (Å²) in [6.07, 6.45) is -4.95. The van der Waals surface area contributed by atoms with Crippen LogP contribution in [0.4, 0.5) is 13.2 Å². The summed E-state index contributed by atoms with van der Waals surface area (Å²) in [6, 6.07) is 18.6. The van der Waals surface area contributed by atoms with Crippen LogP contribution in [0.2, 0.25) is 0 Å². The van der Waals surface area contributed by atoms with Crippen LogP contribution in [0.3, 0.4) is 0 Å². The number of ether oxygens (including phenoxy) is 1. The van der Waals surface area contributed by atoms with Crippen molar-refractivity contribution in [3.8, 4) is 5.75 Å². The summed E-state index contributed by atoms with van der Waals surface area (Å²) in [5.74, 6) is -1.95. The van der Waals surface area contributed by atoms with E-state index in [0.717, 1.165) is 5.56 Å². The molecule has 3 aromatic carbocycles. The quantitative estimate of drug-likeness (QED) is 0.617. The molecule has 3 rings (SSSR count). The number of carbonyl (C=O) groups excluding carboxylic acids is 1. The summed E-state index contributed by atoms with van der Waals surface area (Å²) >= 11 is 0. The first-order chi connectivity index (χ1) is 11.5. The molecule has 0 aromatic heterocycles. The Hall–Kier alpha value is -2.82. The molecular formula is C19H13F3O2. The van der Waals surface area contributed by atoms with Crippen LogP contribution in [0.15, 0.2) is 66.7 Å². The number of hydrogen-bond donors (Lipinski definition) is 0. The second-order valence-corrected chi connectivity index (χ2v) is 5.26. The van der Waals surface area contributed by atoms with Gasteiger partial charge >= 0.3 is 6.18 Å². The zero-order valence-electron chi connectivity index (χ0n) is 12.5. The van der Waals surface area contributed by atoms with E-state index in [1.165, 1.54) is 12.1 Å². The fraction of sp³-hybridized carbons (Fsp3) is 0.105. The van der Waals surface area contributed by atoms with E-state index < -0.39 is 17.5 Å². The average molecular weight is 330 g/mol. The van der Waals surface area contributed by atoms with Gasteiger partial charge in [0.15, 0.2) is 0 Å². The molecule has 0 radical (unpaired) electrons. The number of alkyl halides is 3. The Labute approximate surface area is 136 Å². The van der Waals surface area contributed by atoms with Crippen LogP contribution < -0.4 is 4.74 Å². The van der Waals surface area contributed by atoms with Crippen LogP contribution in [0.5, 0.6) is 5.75 Å². The third kappa shape index (κ3) is 3.25. The molecule has 0 aliphatic carbocycles.